The molecule has 26 heteroatoms. The molecule has 92 heavy (non-hydrogen) atoms. The topological polar surface area (TPSA) is 277 Å². The Kier molecular flexibility index (Phi) is 26.0. The second kappa shape index (κ2) is 32.2. The molecule has 2 aliphatic carbocycles. The maximum absolute atomic E-state index is 12.8. The lowest BCUT2D eigenvalue weighted by Crippen LogP contribution is -2.43. The van der Waals surface area contributed by atoms with Gasteiger partial charge in [-0.3, -0.25) is 18.0 Å². The smallest absolute Gasteiger partial charge is 0.500 e. The first-order valence-corrected chi connectivity index (χ1v) is 35.5. The maximum atomic E-state index is 12.8. The van der Waals surface area contributed by atoms with Crippen LogP contribution in [0.2, 0.25) is 18.1 Å². The molecule has 0 amide bonds. The van der Waals surface area contributed by atoms with Gasteiger partial charge in [0.25, 0.3) is 0 Å². The number of methoxy groups -OCH3 is 2. The highest BCUT2D eigenvalue weighted by Gasteiger charge is 2.39. The molecular weight excluding hydrogens is 1260 g/mol. The predicted molar refractivity (Wildman–Crippen MR) is 362 cm³/mol. The number of nitrogens with zero attached hydrogens (tertiary/aromatic N) is 4. The van der Waals surface area contributed by atoms with E-state index in [4.69, 9.17) is 44.0 Å². The van der Waals surface area contributed by atoms with Crippen molar-refractivity contribution < 1.29 is 68.9 Å². The molecule has 0 aromatic heterocycles. The third-order valence-electron chi connectivity index (χ3n) is 15.0. The van der Waals surface area contributed by atoms with Crippen molar-refractivity contribution in [3.8, 4) is 40.2 Å². The number of rotatable bonds is 19. The van der Waals surface area contributed by atoms with Crippen LogP contribution in [-0.4, -0.2) is 109 Å². The van der Waals surface area contributed by atoms with Gasteiger partial charge in [0.05, 0.1) is 21.3 Å². The van der Waals surface area contributed by atoms with Gasteiger partial charge in [-0.25, -0.2) is 9.97 Å². The third kappa shape index (κ3) is 19.8. The number of hydrogen-bond donors (Lipinski definition) is 0. The Morgan fingerprint density at radius 1 is 0.598 bits per heavy atom. The van der Waals surface area contributed by atoms with Gasteiger partial charge in [0.15, 0.2) is 33.5 Å². The zero-order valence-electron chi connectivity index (χ0n) is 54.6. The second-order valence-corrected chi connectivity index (χ2v) is 30.1. The Bertz CT molecular complexity index is 4410. The number of anilines is 2. The van der Waals surface area contributed by atoms with Gasteiger partial charge in [-0.15, -0.1) is 21.0 Å². The van der Waals surface area contributed by atoms with Crippen LogP contribution in [0.4, 0.5) is 11.4 Å². The third-order valence-corrected chi connectivity index (χ3v) is 21.0. The van der Waals surface area contributed by atoms with Crippen molar-refractivity contribution in [2.24, 2.45) is 0 Å². The van der Waals surface area contributed by atoms with Gasteiger partial charge in [0.2, 0.25) is 8.32 Å². The van der Waals surface area contributed by atoms with Crippen LogP contribution < -0.4 is 34.0 Å². The lowest BCUT2D eigenvalue weighted by Gasteiger charge is -2.36. The first kappa shape index (κ1) is 74.2. The Labute approximate surface area is 540 Å². The van der Waals surface area contributed by atoms with Crippen LogP contribution in [0.15, 0.2) is 158 Å². The molecule has 5 aromatic rings. The molecule has 22 nitrogen and oxygen atoms in total. The molecule has 2 aliphatic heterocycles. The lowest BCUT2D eigenvalue weighted by molar-refractivity contribution is 0.277. The highest BCUT2D eigenvalue weighted by molar-refractivity contribution is 7.82. The molecule has 9 rings (SSSR count). The van der Waals surface area contributed by atoms with Gasteiger partial charge < -0.3 is 40.9 Å². The molecule has 0 saturated carbocycles. The molecular formula is C66H80N4O18S3Si. The normalized spacial score (nSPS) is 11.7. The number of ether oxygens (including phenoxy) is 2. The van der Waals surface area contributed by atoms with Crippen molar-refractivity contribution in [2.75, 3.05) is 71.5 Å². The van der Waals surface area contributed by atoms with Crippen molar-refractivity contribution in [2.45, 2.75) is 85.9 Å². The molecule has 0 bridgehead atoms. The molecule has 5 aromatic carbocycles. The van der Waals surface area contributed by atoms with Gasteiger partial charge in [0, 0.05) is 97.8 Å². The minimum absolute atomic E-state index is 0.0730. The molecule has 0 atom stereocenters. The van der Waals surface area contributed by atoms with E-state index in [1.54, 1.807) is 57.7 Å². The van der Waals surface area contributed by atoms with E-state index in [0.29, 0.717) is 45.0 Å². The maximum Gasteiger partial charge on any atom is 0.500 e. The fourth-order valence-electron chi connectivity index (χ4n) is 8.96. The summed E-state index contributed by atoms with van der Waals surface area (Å²) in [6.45, 7) is 30.8. The SMILES string of the molecule is C=C(/C=C\c1cc2nc3ccc(N(CC)CC)cc3oc-2cc1=O)OS(=O)(=O)Oc1ccc(C(C)(C)c2ccc(OC)cc2)cc1.CCN(CC)c1ccc2nc3c4cc(O[Si](C)(C)C(C)(C)C)ccc4c(=O)cc-3oc2c1.COC.COS(=O)(=O)OC.O=S(=O)=O. The standard InChI is InChI=1S/C36H36N2O7S.C26H32N2O3Si.C2H6O4S.C2H6O.O3S/c1-7-38(8-2)28-15-20-31-34(22-28)43-35-23-33(39)25(21-32(35)37-31)10-9-24(3)44-46(40,41)45-30-18-13-27(14-19-30)36(4,5)26-11-16-29(42-6)17-12-26;1-8-28(9-2)17-10-13-21-23(14-17)30-24-16-22(29)19-12-11-18(15-20(19)25(24)27-21)31-32(6,7)26(3,4)5;1-5-7(3,4)6-2;1-3-2;1-4(2)3/h9-23H,3,7-8H2,1-2,4-6H3;10-16H,8-9H2,1-7H3;1-2H3;1-2H3;/b10-9-;;;;. The van der Waals surface area contributed by atoms with Gasteiger partial charge in [0.1, 0.15) is 45.4 Å². The largest absolute Gasteiger partial charge is 0.543 e. The highest BCUT2D eigenvalue weighted by Crippen LogP contribution is 2.40. The average Bonchev–Trinajstić information content (AvgIpc) is 0.764. The van der Waals surface area contributed by atoms with Gasteiger partial charge >= 0.3 is 31.4 Å². The van der Waals surface area contributed by atoms with Crippen molar-refractivity contribution >= 4 is 90.1 Å². The van der Waals surface area contributed by atoms with Gasteiger partial charge in [-0.1, -0.05) is 65.5 Å². The quantitative estimate of drug-likeness (QED) is 0.0239. The lowest BCUT2D eigenvalue weighted by atomic mass is 9.78. The van der Waals surface area contributed by atoms with Crippen molar-refractivity contribution in [3.05, 3.63) is 177 Å². The fraction of sp³-hybridized carbons (Fsp3) is 0.333. The summed E-state index contributed by atoms with van der Waals surface area (Å²) in [5.74, 6) is 2.22. The number of hydrogen-bond acceptors (Lipinski definition) is 22. The summed E-state index contributed by atoms with van der Waals surface area (Å²) in [7, 11) is -6.36. The molecule has 0 radical (unpaired) electrons. The first-order valence-electron chi connectivity index (χ1n) is 28.9. The van der Waals surface area contributed by atoms with Gasteiger partial charge in [-0.05, 0) is 142 Å². The number of aromatic nitrogens is 2. The van der Waals surface area contributed by atoms with E-state index >= 15 is 0 Å². The zero-order chi connectivity index (χ0) is 68.5. The molecule has 0 unspecified atom stereocenters. The van der Waals surface area contributed by atoms with Crippen LogP contribution in [0.1, 0.15) is 79.0 Å². The van der Waals surface area contributed by atoms with Crippen LogP contribution in [0.3, 0.4) is 0 Å². The van der Waals surface area contributed by atoms with E-state index in [-0.39, 0.29) is 38.4 Å². The Morgan fingerprint density at radius 3 is 1.53 bits per heavy atom. The molecule has 0 fully saturated rings. The average molecular weight is 1340 g/mol. The fourth-order valence-corrected chi connectivity index (χ4v) is 10.8. The summed E-state index contributed by atoms with van der Waals surface area (Å²) < 4.78 is 116. The van der Waals surface area contributed by atoms with Crippen molar-refractivity contribution in [1.29, 1.82) is 0 Å². The van der Waals surface area contributed by atoms with E-state index in [9.17, 15) is 26.4 Å². The van der Waals surface area contributed by atoms with Crippen LogP contribution in [0.25, 0.3) is 62.0 Å². The molecule has 494 valence electrons. The molecule has 0 N–H and O–H groups in total. The van der Waals surface area contributed by atoms with E-state index < -0.39 is 39.7 Å². The highest BCUT2D eigenvalue weighted by atomic mass is 32.3. The summed E-state index contributed by atoms with van der Waals surface area (Å²) in [5, 5.41) is 1.47. The molecule has 2 heterocycles. The van der Waals surface area contributed by atoms with Crippen LogP contribution in [0, 0.1) is 0 Å². The Balaban J connectivity index is 0.000000288. The van der Waals surface area contributed by atoms with E-state index in [0.717, 1.165) is 85.3 Å². The monoisotopic (exact) mass is 1340 g/mol. The summed E-state index contributed by atoms with van der Waals surface area (Å²) in [5.41, 5.74) is 7.43. The van der Waals surface area contributed by atoms with Crippen molar-refractivity contribution in [1.82, 2.24) is 9.97 Å². The van der Waals surface area contributed by atoms with Crippen LogP contribution in [0.5, 0.6) is 17.2 Å². The Hall–Kier alpha value is -8.50. The molecule has 0 spiro atoms. The molecule has 4 aliphatic rings. The van der Waals surface area contributed by atoms with Crippen LogP contribution in [-0.2, 0) is 54.1 Å². The summed E-state index contributed by atoms with van der Waals surface area (Å²) in [4.78, 5) is 39.6. The van der Waals surface area contributed by atoms with Crippen molar-refractivity contribution in [3.63, 3.8) is 0 Å². The summed E-state index contributed by atoms with van der Waals surface area (Å²) >= 11 is 0. The zero-order valence-corrected chi connectivity index (χ0v) is 58.0. The Morgan fingerprint density at radius 2 is 1.07 bits per heavy atom. The minimum Gasteiger partial charge on any atom is -0.543 e. The van der Waals surface area contributed by atoms with Gasteiger partial charge in [-0.2, -0.15) is 8.42 Å². The minimum atomic E-state index is -4.50. The number of fused-ring (bicyclic) bond motifs is 6. The van der Waals surface area contributed by atoms with Crippen LogP contribution >= 0.6 is 0 Å². The number of allylic oxidation sites excluding steroid dienone is 1. The summed E-state index contributed by atoms with van der Waals surface area (Å²) in [6.07, 6.45) is 2.68. The molecule has 0 saturated heterocycles. The number of benzene rings is 7. The summed E-state index contributed by atoms with van der Waals surface area (Å²) in [6, 6.07) is 36.5. The first-order chi connectivity index (χ1) is 43.2. The van der Waals surface area contributed by atoms with E-state index in [2.05, 4.69) is 116 Å². The second-order valence-electron chi connectivity index (χ2n) is 22.3. The predicted octanol–water partition coefficient (Wildman–Crippen LogP) is 12.8. The van der Waals surface area contributed by atoms with E-state index in [1.165, 1.54) is 18.2 Å². The van der Waals surface area contributed by atoms with E-state index in [1.807, 2.05) is 72.8 Å².